The van der Waals surface area contributed by atoms with Crippen molar-refractivity contribution in [3.8, 4) is 0 Å². The predicted molar refractivity (Wildman–Crippen MR) is 110 cm³/mol. The lowest BCUT2D eigenvalue weighted by Crippen LogP contribution is -2.24. The molecule has 1 atom stereocenters. The molecular weight excluding hydrogens is 451 g/mol. The van der Waals surface area contributed by atoms with E-state index in [1.807, 2.05) is 6.92 Å². The van der Waals surface area contributed by atoms with Crippen LogP contribution < -0.4 is 10.9 Å². The molecule has 2 aromatic heterocycles. The Morgan fingerprint density at radius 3 is 2.72 bits per heavy atom. The Balaban J connectivity index is 1.67. The first-order valence-corrected chi connectivity index (χ1v) is 10.0. The summed E-state index contributed by atoms with van der Waals surface area (Å²) in [7, 11) is 0. The zero-order valence-electron chi connectivity index (χ0n) is 16.7. The second-order valence-electron chi connectivity index (χ2n) is 7.35. The normalized spacial score (nSPS) is 16.7. The lowest BCUT2D eigenvalue weighted by molar-refractivity contribution is -0.137. The summed E-state index contributed by atoms with van der Waals surface area (Å²) in [4.78, 5) is 43.4. The Kier molecular flexibility index (Phi) is 5.45. The number of aromatic amines is 1. The van der Waals surface area contributed by atoms with Gasteiger partial charge >= 0.3 is 6.18 Å². The maximum Gasteiger partial charge on any atom is 0.417 e. The zero-order valence-corrected chi connectivity index (χ0v) is 17.4. The summed E-state index contributed by atoms with van der Waals surface area (Å²) in [6.45, 7) is 2.80. The highest BCUT2D eigenvalue weighted by atomic mass is 35.5. The molecule has 2 N–H and O–H groups in total. The van der Waals surface area contributed by atoms with Crippen molar-refractivity contribution in [3.63, 3.8) is 0 Å². The number of nitrogens with zero attached hydrogens (tertiary/aromatic N) is 3. The summed E-state index contributed by atoms with van der Waals surface area (Å²) >= 11 is 5.61. The second-order valence-corrected chi connectivity index (χ2v) is 7.75. The maximum atomic E-state index is 13.1. The molecule has 1 aliphatic rings. The van der Waals surface area contributed by atoms with Crippen LogP contribution in [0.25, 0.3) is 5.65 Å². The van der Waals surface area contributed by atoms with Crippen LogP contribution in [0.5, 0.6) is 0 Å². The van der Waals surface area contributed by atoms with E-state index in [0.717, 1.165) is 16.6 Å². The quantitative estimate of drug-likeness (QED) is 0.615. The summed E-state index contributed by atoms with van der Waals surface area (Å²) in [6.07, 6.45) is -3.25. The number of aromatic nitrogens is 3. The molecule has 12 heteroatoms. The van der Waals surface area contributed by atoms with Crippen molar-refractivity contribution >= 4 is 34.7 Å². The van der Waals surface area contributed by atoms with Crippen molar-refractivity contribution in [2.45, 2.75) is 25.4 Å². The van der Waals surface area contributed by atoms with Crippen molar-refractivity contribution in [2.24, 2.45) is 0 Å². The fourth-order valence-electron chi connectivity index (χ4n) is 3.67. The molecule has 168 valence electrons. The molecule has 0 aliphatic carbocycles. The molecule has 8 nitrogen and oxygen atoms in total. The van der Waals surface area contributed by atoms with E-state index >= 15 is 0 Å². The molecule has 4 rings (SSSR count). The Morgan fingerprint density at radius 2 is 2.06 bits per heavy atom. The van der Waals surface area contributed by atoms with Crippen molar-refractivity contribution in [2.75, 3.05) is 18.4 Å². The molecule has 1 aliphatic heterocycles. The number of likely N-dealkylation sites (tertiary alicyclic amines) is 1. The number of amides is 2. The van der Waals surface area contributed by atoms with Gasteiger partial charge in [-0.3, -0.25) is 19.5 Å². The van der Waals surface area contributed by atoms with E-state index < -0.39 is 28.2 Å². The number of hydrogen-bond acceptors (Lipinski definition) is 4. The fraction of sp³-hybridized carbons (Fsp3) is 0.300. The van der Waals surface area contributed by atoms with E-state index in [-0.39, 0.29) is 35.1 Å². The Labute approximate surface area is 184 Å². The number of nitrogens with one attached hydrogen (secondary N) is 2. The molecule has 0 unspecified atom stereocenters. The largest absolute Gasteiger partial charge is 0.417 e. The number of hydrogen-bond donors (Lipinski definition) is 2. The fourth-order valence-corrected chi connectivity index (χ4v) is 3.89. The number of alkyl halides is 3. The standard InChI is InChI=1S/C20H17ClF3N5O3/c1-2-28-9-10(5-16(28)30)15-7-17(31)29-18(27-15)12(8-25-29)19(32)26-11-3-4-14(21)13(6-11)20(22,23)24/h3-4,6-8,10,25H,2,5,9H2,1H3,(H,26,32)/t10-/m0/s1. The van der Waals surface area contributed by atoms with E-state index in [1.165, 1.54) is 18.3 Å². The van der Waals surface area contributed by atoms with Crippen LogP contribution in [-0.2, 0) is 11.0 Å². The predicted octanol–water partition coefficient (Wildman–Crippen LogP) is 3.28. The molecule has 1 fully saturated rings. The van der Waals surface area contributed by atoms with Crippen LogP contribution in [0, 0.1) is 0 Å². The van der Waals surface area contributed by atoms with Crippen LogP contribution in [0.3, 0.4) is 0 Å². The minimum atomic E-state index is -4.69. The van der Waals surface area contributed by atoms with Gasteiger partial charge in [-0.25, -0.2) is 9.50 Å². The molecule has 3 aromatic rings. The monoisotopic (exact) mass is 467 g/mol. The van der Waals surface area contributed by atoms with E-state index in [4.69, 9.17) is 11.6 Å². The molecule has 1 saturated heterocycles. The van der Waals surface area contributed by atoms with Crippen LogP contribution in [0.15, 0.2) is 35.3 Å². The number of carbonyl (C=O) groups excluding carboxylic acids is 2. The topological polar surface area (TPSA) is 99.6 Å². The Hall–Kier alpha value is -3.34. The number of fused-ring (bicyclic) bond motifs is 1. The summed E-state index contributed by atoms with van der Waals surface area (Å²) < 4.78 is 40.3. The SMILES string of the molecule is CCN1C[C@@H](c2cc(=O)n3[nH]cc(C(=O)Nc4ccc(Cl)c(C(F)(F)F)c4)c3n2)CC1=O. The smallest absolute Gasteiger partial charge is 0.342 e. The third-order valence-corrected chi connectivity index (χ3v) is 5.64. The number of carbonyl (C=O) groups is 2. The van der Waals surface area contributed by atoms with Gasteiger partial charge in [0.15, 0.2) is 5.65 Å². The Bertz CT molecular complexity index is 1280. The van der Waals surface area contributed by atoms with E-state index in [0.29, 0.717) is 18.8 Å². The molecule has 0 spiro atoms. The number of benzene rings is 1. The highest BCUT2D eigenvalue weighted by Gasteiger charge is 2.34. The summed E-state index contributed by atoms with van der Waals surface area (Å²) in [5, 5.41) is 4.50. The summed E-state index contributed by atoms with van der Waals surface area (Å²) in [5.74, 6) is -1.10. The molecular formula is C20H17ClF3N5O3. The summed E-state index contributed by atoms with van der Waals surface area (Å²) in [5.41, 5.74) is -1.33. The first kappa shape index (κ1) is 21.9. The van der Waals surface area contributed by atoms with Crippen molar-refractivity contribution in [1.82, 2.24) is 19.5 Å². The first-order valence-electron chi connectivity index (χ1n) is 9.65. The van der Waals surface area contributed by atoms with Crippen LogP contribution in [0.2, 0.25) is 5.02 Å². The van der Waals surface area contributed by atoms with Crippen LogP contribution in [-0.4, -0.2) is 44.4 Å². The third-order valence-electron chi connectivity index (χ3n) is 5.31. The van der Waals surface area contributed by atoms with Crippen LogP contribution in [0.4, 0.5) is 18.9 Å². The van der Waals surface area contributed by atoms with Gasteiger partial charge < -0.3 is 10.2 Å². The molecule has 1 aromatic carbocycles. The van der Waals surface area contributed by atoms with Gasteiger partial charge in [0.25, 0.3) is 11.5 Å². The van der Waals surface area contributed by atoms with Gasteiger partial charge in [0.05, 0.1) is 16.3 Å². The molecule has 0 bridgehead atoms. The van der Waals surface area contributed by atoms with Gasteiger partial charge in [0.2, 0.25) is 5.91 Å². The lowest BCUT2D eigenvalue weighted by Gasteiger charge is -2.13. The molecule has 0 radical (unpaired) electrons. The van der Waals surface area contributed by atoms with Gasteiger partial charge in [0, 0.05) is 43.4 Å². The van der Waals surface area contributed by atoms with Gasteiger partial charge in [-0.1, -0.05) is 11.6 Å². The number of halogens is 4. The Morgan fingerprint density at radius 1 is 1.31 bits per heavy atom. The molecule has 0 saturated carbocycles. The third kappa shape index (κ3) is 3.95. The van der Waals surface area contributed by atoms with E-state index in [2.05, 4.69) is 15.4 Å². The molecule has 2 amide bonds. The average molecular weight is 468 g/mol. The lowest BCUT2D eigenvalue weighted by atomic mass is 10.0. The maximum absolute atomic E-state index is 13.1. The van der Waals surface area contributed by atoms with Gasteiger partial charge in [0.1, 0.15) is 5.56 Å². The van der Waals surface area contributed by atoms with Crippen molar-refractivity contribution < 1.29 is 22.8 Å². The zero-order chi connectivity index (χ0) is 23.2. The van der Waals surface area contributed by atoms with E-state index in [9.17, 15) is 27.6 Å². The van der Waals surface area contributed by atoms with Crippen LogP contribution >= 0.6 is 11.6 Å². The number of rotatable bonds is 4. The van der Waals surface area contributed by atoms with Crippen LogP contribution in [0.1, 0.15) is 40.9 Å². The first-order chi connectivity index (χ1) is 15.1. The number of H-pyrrole nitrogens is 1. The van der Waals surface area contributed by atoms with Gasteiger partial charge in [-0.05, 0) is 25.1 Å². The van der Waals surface area contributed by atoms with Crippen molar-refractivity contribution in [1.29, 1.82) is 0 Å². The van der Waals surface area contributed by atoms with E-state index in [1.54, 1.807) is 4.90 Å². The number of likely N-dealkylation sites (N-methyl/N-ethyl adjacent to an activating group) is 1. The second kappa shape index (κ2) is 7.97. The highest BCUT2D eigenvalue weighted by molar-refractivity contribution is 6.31. The molecule has 32 heavy (non-hydrogen) atoms. The minimum Gasteiger partial charge on any atom is -0.342 e. The molecule has 3 heterocycles. The van der Waals surface area contributed by atoms with Gasteiger partial charge in [-0.15, -0.1) is 0 Å². The highest BCUT2D eigenvalue weighted by Crippen LogP contribution is 2.36. The average Bonchev–Trinajstić information content (AvgIpc) is 3.32. The minimum absolute atomic E-state index is 0.0115. The van der Waals surface area contributed by atoms with Crippen molar-refractivity contribution in [3.05, 3.63) is 62.7 Å². The van der Waals surface area contributed by atoms with Gasteiger partial charge in [-0.2, -0.15) is 13.2 Å². The summed E-state index contributed by atoms with van der Waals surface area (Å²) in [6, 6.07) is 4.30. The number of anilines is 1.